The van der Waals surface area contributed by atoms with E-state index < -0.39 is 17.8 Å². The minimum atomic E-state index is -4.64. The summed E-state index contributed by atoms with van der Waals surface area (Å²) in [6.45, 7) is 0.641. The lowest BCUT2D eigenvalue weighted by atomic mass is 10.0. The number of nitrogens with one attached hydrogen (secondary N) is 1. The van der Waals surface area contributed by atoms with E-state index in [0.29, 0.717) is 36.7 Å². The number of fused-ring (bicyclic) bond motifs is 1. The predicted octanol–water partition coefficient (Wildman–Crippen LogP) is 3.61. The maximum atomic E-state index is 13.6. The van der Waals surface area contributed by atoms with Gasteiger partial charge in [0, 0.05) is 39.2 Å². The Hall–Kier alpha value is -3.04. The molecule has 1 aliphatic heterocycles. The maximum Gasteiger partial charge on any atom is 0.435 e. The molecule has 0 saturated heterocycles. The molecule has 1 amide bonds. The number of rotatable bonds is 7. The molecule has 3 rings (SSSR count). The van der Waals surface area contributed by atoms with Crippen LogP contribution in [0.4, 0.5) is 13.2 Å². The number of amides is 1. The van der Waals surface area contributed by atoms with Gasteiger partial charge in [-0.2, -0.15) is 18.3 Å². The van der Waals surface area contributed by atoms with E-state index in [1.807, 2.05) is 0 Å². The Balaban J connectivity index is 1.85. The van der Waals surface area contributed by atoms with Gasteiger partial charge < -0.3 is 14.5 Å². The van der Waals surface area contributed by atoms with Gasteiger partial charge in [0.05, 0.1) is 18.6 Å². The quantitative estimate of drug-likeness (QED) is 0.408. The van der Waals surface area contributed by atoms with Crippen LogP contribution in [0.3, 0.4) is 0 Å². The second kappa shape index (κ2) is 8.99. The molecule has 2 aromatic rings. The molecular weight excluding hydrogens is 411 g/mol. The number of ether oxygens (including phenoxy) is 1. The van der Waals surface area contributed by atoms with Crippen LogP contribution in [-0.2, 0) is 12.6 Å². The molecule has 0 aliphatic carbocycles. The van der Waals surface area contributed by atoms with Crippen LogP contribution in [0.2, 0.25) is 0 Å². The highest BCUT2D eigenvalue weighted by Gasteiger charge is 2.43. The SMILES string of the molecule is COc1ccc(-n2nc(C(F)(F)F)c3c2C(=O)N(CCCCC(=N)N(C)C)CC3)cc1. The molecule has 1 N–H and O–H groups in total. The number of alkyl halides is 3. The third kappa shape index (κ3) is 4.83. The van der Waals surface area contributed by atoms with Crippen LogP contribution in [0.25, 0.3) is 5.69 Å². The molecule has 1 aliphatic rings. The highest BCUT2D eigenvalue weighted by Crippen LogP contribution is 2.36. The summed E-state index contributed by atoms with van der Waals surface area (Å²) in [7, 11) is 5.10. The Morgan fingerprint density at radius 3 is 2.48 bits per heavy atom. The summed E-state index contributed by atoms with van der Waals surface area (Å²) in [5.41, 5.74) is -0.739. The van der Waals surface area contributed by atoms with Crippen molar-refractivity contribution in [1.29, 1.82) is 5.41 Å². The topological polar surface area (TPSA) is 74.5 Å². The molecule has 7 nitrogen and oxygen atoms in total. The van der Waals surface area contributed by atoms with Crippen LogP contribution in [0.5, 0.6) is 5.75 Å². The Morgan fingerprint density at radius 2 is 1.90 bits per heavy atom. The fourth-order valence-electron chi connectivity index (χ4n) is 3.58. The van der Waals surface area contributed by atoms with Gasteiger partial charge in [-0.25, -0.2) is 4.68 Å². The molecule has 1 aromatic heterocycles. The number of nitrogens with zero attached hydrogens (tertiary/aromatic N) is 4. The highest BCUT2D eigenvalue weighted by molar-refractivity contribution is 5.96. The van der Waals surface area contributed by atoms with Crippen molar-refractivity contribution in [1.82, 2.24) is 19.6 Å². The van der Waals surface area contributed by atoms with Crippen LogP contribution < -0.4 is 4.74 Å². The van der Waals surface area contributed by atoms with Crippen molar-refractivity contribution in [2.75, 3.05) is 34.3 Å². The number of unbranched alkanes of at least 4 members (excludes halogenated alkanes) is 1. The van der Waals surface area contributed by atoms with Crippen molar-refractivity contribution in [3.8, 4) is 11.4 Å². The van der Waals surface area contributed by atoms with E-state index in [-0.39, 0.29) is 24.2 Å². The zero-order valence-corrected chi connectivity index (χ0v) is 17.8. The number of amidine groups is 1. The zero-order valence-electron chi connectivity index (χ0n) is 17.8. The van der Waals surface area contributed by atoms with Gasteiger partial charge in [0.25, 0.3) is 5.91 Å². The molecule has 10 heteroatoms. The van der Waals surface area contributed by atoms with Crippen molar-refractivity contribution in [2.24, 2.45) is 0 Å². The summed E-state index contributed by atoms with van der Waals surface area (Å²) in [6, 6.07) is 6.37. The summed E-state index contributed by atoms with van der Waals surface area (Å²) in [5.74, 6) is 0.597. The van der Waals surface area contributed by atoms with E-state index in [9.17, 15) is 18.0 Å². The molecule has 2 heterocycles. The summed E-state index contributed by atoms with van der Waals surface area (Å²) in [6.07, 6.45) is -2.57. The number of carbonyl (C=O) groups is 1. The first kappa shape index (κ1) is 22.6. The minimum absolute atomic E-state index is 0.0372. The Labute approximate surface area is 178 Å². The van der Waals surface area contributed by atoms with E-state index >= 15 is 0 Å². The number of hydrogen-bond donors (Lipinski definition) is 1. The summed E-state index contributed by atoms with van der Waals surface area (Å²) in [4.78, 5) is 16.4. The van der Waals surface area contributed by atoms with Gasteiger partial charge >= 0.3 is 6.18 Å². The average Bonchev–Trinajstić information content (AvgIpc) is 3.13. The van der Waals surface area contributed by atoms with E-state index in [1.54, 1.807) is 48.2 Å². The van der Waals surface area contributed by atoms with E-state index in [4.69, 9.17) is 10.1 Å². The van der Waals surface area contributed by atoms with Crippen molar-refractivity contribution >= 4 is 11.7 Å². The van der Waals surface area contributed by atoms with Crippen molar-refractivity contribution in [3.05, 3.63) is 41.2 Å². The lowest BCUT2D eigenvalue weighted by molar-refractivity contribution is -0.142. The molecule has 0 bridgehead atoms. The van der Waals surface area contributed by atoms with E-state index in [0.717, 1.165) is 11.1 Å². The molecule has 0 fully saturated rings. The zero-order chi connectivity index (χ0) is 22.8. The molecule has 0 saturated carbocycles. The molecule has 0 atom stereocenters. The second-order valence-corrected chi connectivity index (χ2v) is 7.62. The van der Waals surface area contributed by atoms with Crippen molar-refractivity contribution in [2.45, 2.75) is 31.9 Å². The van der Waals surface area contributed by atoms with Gasteiger partial charge in [0.2, 0.25) is 0 Å². The van der Waals surface area contributed by atoms with E-state index in [2.05, 4.69) is 5.10 Å². The molecule has 0 radical (unpaired) electrons. The number of aromatic nitrogens is 2. The first-order valence-electron chi connectivity index (χ1n) is 10.0. The Bertz CT molecular complexity index is 951. The monoisotopic (exact) mass is 437 g/mol. The third-order valence-corrected chi connectivity index (χ3v) is 5.32. The molecule has 31 heavy (non-hydrogen) atoms. The summed E-state index contributed by atoms with van der Waals surface area (Å²) >= 11 is 0. The van der Waals surface area contributed by atoms with Gasteiger partial charge in [-0.1, -0.05) is 0 Å². The first-order chi connectivity index (χ1) is 14.6. The Kier molecular flexibility index (Phi) is 6.56. The van der Waals surface area contributed by atoms with Gasteiger partial charge in [-0.3, -0.25) is 10.2 Å². The van der Waals surface area contributed by atoms with Crippen LogP contribution in [0, 0.1) is 5.41 Å². The first-order valence-corrected chi connectivity index (χ1v) is 10.0. The number of hydrogen-bond acceptors (Lipinski definition) is 4. The largest absolute Gasteiger partial charge is 0.497 e. The third-order valence-electron chi connectivity index (χ3n) is 5.32. The number of carbonyl (C=O) groups excluding carboxylic acids is 1. The van der Waals surface area contributed by atoms with Crippen molar-refractivity contribution < 1.29 is 22.7 Å². The fraction of sp³-hybridized carbons (Fsp3) is 0.476. The fourth-order valence-corrected chi connectivity index (χ4v) is 3.58. The van der Waals surface area contributed by atoms with Crippen LogP contribution in [0.1, 0.15) is 41.0 Å². The number of halogens is 3. The minimum Gasteiger partial charge on any atom is -0.497 e. The molecular formula is C21H26F3N5O2. The maximum absolute atomic E-state index is 13.6. The standard InChI is InChI=1S/C21H26F3N5O2/c1-27(2)17(25)6-4-5-12-28-13-11-16-18(20(28)30)29(26-19(16)21(22,23)24)14-7-9-15(31-3)10-8-14/h7-10,25H,4-6,11-13H2,1-3H3. The number of methoxy groups -OCH3 is 1. The molecule has 168 valence electrons. The average molecular weight is 437 g/mol. The van der Waals surface area contributed by atoms with Crippen LogP contribution >= 0.6 is 0 Å². The van der Waals surface area contributed by atoms with Crippen molar-refractivity contribution in [3.63, 3.8) is 0 Å². The lowest BCUT2D eigenvalue weighted by Gasteiger charge is -2.28. The normalized spacial score (nSPS) is 13.9. The van der Waals surface area contributed by atoms with Gasteiger partial charge in [-0.05, 0) is 43.5 Å². The predicted molar refractivity (Wildman–Crippen MR) is 110 cm³/mol. The highest BCUT2D eigenvalue weighted by atomic mass is 19.4. The Morgan fingerprint density at radius 1 is 1.23 bits per heavy atom. The molecule has 0 spiro atoms. The second-order valence-electron chi connectivity index (χ2n) is 7.62. The summed E-state index contributed by atoms with van der Waals surface area (Å²) in [5, 5.41) is 11.6. The van der Waals surface area contributed by atoms with Crippen LogP contribution in [-0.4, -0.2) is 65.6 Å². The van der Waals surface area contributed by atoms with Gasteiger partial charge in [-0.15, -0.1) is 0 Å². The summed E-state index contributed by atoms with van der Waals surface area (Å²) < 4.78 is 47.0. The molecule has 1 aromatic carbocycles. The van der Waals surface area contributed by atoms with E-state index in [1.165, 1.54) is 7.11 Å². The van der Waals surface area contributed by atoms with Crippen LogP contribution in [0.15, 0.2) is 24.3 Å². The van der Waals surface area contributed by atoms with Gasteiger partial charge in [0.1, 0.15) is 11.4 Å². The lowest BCUT2D eigenvalue weighted by Crippen LogP contribution is -2.39. The smallest absolute Gasteiger partial charge is 0.435 e. The number of benzene rings is 1. The molecule has 0 unspecified atom stereocenters. The van der Waals surface area contributed by atoms with Gasteiger partial charge in [0.15, 0.2) is 5.69 Å².